The maximum Gasteiger partial charge on any atom is 0.320 e. The zero-order valence-electron chi connectivity index (χ0n) is 13.4. The van der Waals surface area contributed by atoms with Crippen LogP contribution < -0.4 is 4.90 Å². The molecule has 1 heterocycles. The van der Waals surface area contributed by atoms with Crippen LogP contribution >= 0.6 is 0 Å². The molecule has 0 radical (unpaired) electrons. The molecule has 0 saturated carbocycles. The highest BCUT2D eigenvalue weighted by Crippen LogP contribution is 2.38. The van der Waals surface area contributed by atoms with E-state index in [-0.39, 0.29) is 5.78 Å². The van der Waals surface area contributed by atoms with E-state index >= 15 is 0 Å². The Hall–Kier alpha value is -2.95. The minimum Gasteiger partial charge on any atom is -0.480 e. The molecule has 0 spiro atoms. The van der Waals surface area contributed by atoms with Crippen LogP contribution in [0.5, 0.6) is 0 Å². The van der Waals surface area contributed by atoms with Crippen LogP contribution in [-0.2, 0) is 9.59 Å². The topological polar surface area (TPSA) is 74.7 Å². The van der Waals surface area contributed by atoms with E-state index in [4.69, 9.17) is 0 Å². The highest BCUT2D eigenvalue weighted by Gasteiger charge is 2.41. The molecule has 3 rings (SSSR count). The summed E-state index contributed by atoms with van der Waals surface area (Å²) in [6.07, 6.45) is 0. The number of benzene rings is 2. The Morgan fingerprint density at radius 1 is 1.08 bits per heavy atom. The van der Waals surface area contributed by atoms with Gasteiger partial charge in [-0.05, 0) is 32.0 Å². The van der Waals surface area contributed by atoms with E-state index in [1.54, 1.807) is 31.2 Å². The minimum atomic E-state index is -1.24. The van der Waals surface area contributed by atoms with Gasteiger partial charge >= 0.3 is 5.97 Å². The van der Waals surface area contributed by atoms with Crippen molar-refractivity contribution >= 4 is 23.3 Å². The summed E-state index contributed by atoms with van der Waals surface area (Å²) in [4.78, 5) is 37.8. The number of carboxylic acid groups (broad SMARTS) is 1. The molecule has 1 aliphatic rings. The molecule has 0 aromatic heterocycles. The fourth-order valence-electron chi connectivity index (χ4n) is 3.02. The number of ketones is 1. The normalized spacial score (nSPS) is 16.2. The molecule has 1 amide bonds. The van der Waals surface area contributed by atoms with Gasteiger partial charge in [-0.3, -0.25) is 14.4 Å². The number of likely N-dealkylation sites (N-methyl/N-ethyl adjacent to an activating group) is 1. The lowest BCUT2D eigenvalue weighted by Crippen LogP contribution is -2.31. The number of amides is 1. The lowest BCUT2D eigenvalue weighted by molar-refractivity contribution is -0.142. The van der Waals surface area contributed by atoms with Gasteiger partial charge in [-0.25, -0.2) is 0 Å². The van der Waals surface area contributed by atoms with Crippen LogP contribution in [0.4, 0.5) is 5.69 Å². The lowest BCUT2D eigenvalue weighted by Gasteiger charge is -2.14. The van der Waals surface area contributed by atoms with Gasteiger partial charge in [0, 0.05) is 28.9 Å². The molecule has 122 valence electrons. The average molecular weight is 323 g/mol. The van der Waals surface area contributed by atoms with Crippen molar-refractivity contribution in [1.29, 1.82) is 0 Å². The second-order valence-corrected chi connectivity index (χ2v) is 5.82. The van der Waals surface area contributed by atoms with Crippen LogP contribution in [0.2, 0.25) is 0 Å². The summed E-state index contributed by atoms with van der Waals surface area (Å²) < 4.78 is 0. The van der Waals surface area contributed by atoms with Crippen molar-refractivity contribution in [3.05, 3.63) is 64.7 Å². The van der Waals surface area contributed by atoms with E-state index in [0.29, 0.717) is 28.9 Å². The monoisotopic (exact) mass is 323 g/mol. The maximum atomic E-state index is 12.6. The third kappa shape index (κ3) is 2.48. The van der Waals surface area contributed by atoms with E-state index in [9.17, 15) is 19.5 Å². The zero-order valence-corrected chi connectivity index (χ0v) is 13.4. The van der Waals surface area contributed by atoms with Crippen LogP contribution in [-0.4, -0.2) is 29.3 Å². The summed E-state index contributed by atoms with van der Waals surface area (Å²) in [5.74, 6) is -3.09. The summed E-state index contributed by atoms with van der Waals surface area (Å²) in [7, 11) is 0. The molecular formula is C19H17NO4. The standard InChI is InChI=1S/C19H17NO4/c1-3-20-15-9-8-13(10-14(15)16(18(20)22)19(23)24)17(21)12-6-4-11(2)5-7-12/h4-10,16H,3H2,1-2H3,(H,23,24). The second-order valence-electron chi connectivity index (χ2n) is 5.82. The molecule has 5 heteroatoms. The summed E-state index contributed by atoms with van der Waals surface area (Å²) >= 11 is 0. The largest absolute Gasteiger partial charge is 0.480 e. The number of aryl methyl sites for hydroxylation is 1. The molecule has 0 bridgehead atoms. The van der Waals surface area contributed by atoms with Gasteiger partial charge < -0.3 is 10.0 Å². The highest BCUT2D eigenvalue weighted by atomic mass is 16.4. The number of carbonyl (C=O) groups excluding carboxylic acids is 2. The number of hydrogen-bond donors (Lipinski definition) is 1. The lowest BCUT2D eigenvalue weighted by atomic mass is 9.95. The molecule has 1 N–H and O–H groups in total. The highest BCUT2D eigenvalue weighted by molar-refractivity contribution is 6.17. The number of nitrogens with zero attached hydrogens (tertiary/aromatic N) is 1. The first-order chi connectivity index (χ1) is 11.4. The van der Waals surface area contributed by atoms with Crippen molar-refractivity contribution in [1.82, 2.24) is 0 Å². The van der Waals surface area contributed by atoms with Crippen LogP contribution in [0.15, 0.2) is 42.5 Å². The number of carbonyl (C=O) groups is 3. The minimum absolute atomic E-state index is 0.190. The van der Waals surface area contributed by atoms with E-state index in [1.165, 1.54) is 11.0 Å². The molecule has 2 aromatic carbocycles. The summed E-state index contributed by atoms with van der Waals surface area (Å²) in [6, 6.07) is 12.0. The summed E-state index contributed by atoms with van der Waals surface area (Å²) in [5, 5.41) is 9.39. The van der Waals surface area contributed by atoms with Crippen LogP contribution in [0.1, 0.15) is 39.9 Å². The molecule has 24 heavy (non-hydrogen) atoms. The van der Waals surface area contributed by atoms with Crippen LogP contribution in [0.25, 0.3) is 0 Å². The Kier molecular flexibility index (Phi) is 3.93. The van der Waals surface area contributed by atoms with Crippen molar-refractivity contribution in [2.45, 2.75) is 19.8 Å². The van der Waals surface area contributed by atoms with Crippen LogP contribution in [0.3, 0.4) is 0 Å². The Morgan fingerprint density at radius 2 is 1.71 bits per heavy atom. The van der Waals surface area contributed by atoms with Gasteiger partial charge in [0.15, 0.2) is 11.7 Å². The summed E-state index contributed by atoms with van der Waals surface area (Å²) in [5.41, 5.74) is 2.91. The first-order valence-electron chi connectivity index (χ1n) is 7.73. The Balaban J connectivity index is 2.05. The van der Waals surface area contributed by atoms with Gasteiger partial charge in [0.1, 0.15) is 0 Å². The van der Waals surface area contributed by atoms with Crippen LogP contribution in [0, 0.1) is 6.92 Å². The molecule has 0 fully saturated rings. The van der Waals surface area contributed by atoms with Crippen molar-refractivity contribution < 1.29 is 19.5 Å². The van der Waals surface area contributed by atoms with Crippen molar-refractivity contribution in [2.75, 3.05) is 11.4 Å². The fraction of sp³-hybridized carbons (Fsp3) is 0.211. The number of fused-ring (bicyclic) bond motifs is 1. The molecule has 2 aromatic rings. The number of rotatable bonds is 4. The number of anilines is 1. The van der Waals surface area contributed by atoms with Gasteiger partial charge in [0.25, 0.3) is 0 Å². The first-order valence-corrected chi connectivity index (χ1v) is 7.73. The van der Waals surface area contributed by atoms with E-state index in [0.717, 1.165) is 5.56 Å². The van der Waals surface area contributed by atoms with Gasteiger partial charge in [-0.15, -0.1) is 0 Å². The Morgan fingerprint density at radius 3 is 2.29 bits per heavy atom. The molecular weight excluding hydrogens is 306 g/mol. The van der Waals surface area contributed by atoms with E-state index < -0.39 is 17.8 Å². The summed E-state index contributed by atoms with van der Waals surface area (Å²) in [6.45, 7) is 4.12. The fourth-order valence-corrected chi connectivity index (χ4v) is 3.02. The quantitative estimate of drug-likeness (QED) is 0.693. The van der Waals surface area contributed by atoms with E-state index in [1.807, 2.05) is 19.1 Å². The van der Waals surface area contributed by atoms with Gasteiger partial charge in [0.05, 0.1) is 0 Å². The maximum absolute atomic E-state index is 12.6. The molecule has 0 aliphatic carbocycles. The molecule has 1 aliphatic heterocycles. The Labute approximate surface area is 139 Å². The molecule has 1 atom stereocenters. The van der Waals surface area contributed by atoms with E-state index in [2.05, 4.69) is 0 Å². The predicted molar refractivity (Wildman–Crippen MR) is 89.5 cm³/mol. The number of carboxylic acids is 1. The zero-order chi connectivity index (χ0) is 17.4. The third-order valence-corrected chi connectivity index (χ3v) is 4.28. The SMILES string of the molecule is CCN1C(=O)C(C(=O)O)c2cc(C(=O)c3ccc(C)cc3)ccc21. The number of aliphatic carboxylic acids is 1. The smallest absolute Gasteiger partial charge is 0.320 e. The van der Waals surface area contributed by atoms with Crippen molar-refractivity contribution in [3.8, 4) is 0 Å². The predicted octanol–water partition coefficient (Wildman–Crippen LogP) is 2.76. The second kappa shape index (κ2) is 5.92. The van der Waals surface area contributed by atoms with Gasteiger partial charge in [-0.1, -0.05) is 29.8 Å². The first kappa shape index (κ1) is 15.9. The van der Waals surface area contributed by atoms with Crippen molar-refractivity contribution in [2.24, 2.45) is 0 Å². The average Bonchev–Trinajstić information content (AvgIpc) is 2.85. The molecule has 0 saturated heterocycles. The number of hydrogen-bond acceptors (Lipinski definition) is 3. The molecule has 1 unspecified atom stereocenters. The molecule has 5 nitrogen and oxygen atoms in total. The third-order valence-electron chi connectivity index (χ3n) is 4.28. The van der Waals surface area contributed by atoms with Gasteiger partial charge in [-0.2, -0.15) is 0 Å². The Bertz CT molecular complexity index is 839. The van der Waals surface area contributed by atoms with Gasteiger partial charge in [0.2, 0.25) is 5.91 Å². The van der Waals surface area contributed by atoms with Crippen molar-refractivity contribution in [3.63, 3.8) is 0 Å².